The summed E-state index contributed by atoms with van der Waals surface area (Å²) >= 11 is 7.21. The van der Waals surface area contributed by atoms with E-state index in [4.69, 9.17) is 11.6 Å². The van der Waals surface area contributed by atoms with Crippen molar-refractivity contribution in [2.45, 2.75) is 6.04 Å². The molecule has 0 unspecified atom stereocenters. The molecule has 2 heterocycles. The molecule has 1 aliphatic rings. The molecular weight excluding hydrogens is 470 g/mol. The molecule has 1 aliphatic heterocycles. The van der Waals surface area contributed by atoms with Gasteiger partial charge in [-0.2, -0.15) is 0 Å². The second kappa shape index (κ2) is 8.06. The number of aromatic nitrogens is 1. The molecular formula is C24H13ClF2N2O3S. The number of hydrogen-bond acceptors (Lipinski definition) is 5. The van der Waals surface area contributed by atoms with Crippen molar-refractivity contribution in [2.24, 2.45) is 0 Å². The van der Waals surface area contributed by atoms with Crippen LogP contribution in [0.15, 0.2) is 72.3 Å². The van der Waals surface area contributed by atoms with Gasteiger partial charge < -0.3 is 5.11 Å². The van der Waals surface area contributed by atoms with Gasteiger partial charge in [-0.1, -0.05) is 35.1 Å². The Hall–Kier alpha value is -3.62. The van der Waals surface area contributed by atoms with Crippen molar-refractivity contribution in [3.8, 4) is 0 Å². The number of fused-ring (bicyclic) bond motifs is 1. The van der Waals surface area contributed by atoms with Crippen LogP contribution >= 0.6 is 22.9 Å². The highest BCUT2D eigenvalue weighted by Gasteiger charge is 2.48. The van der Waals surface area contributed by atoms with E-state index >= 15 is 0 Å². The van der Waals surface area contributed by atoms with E-state index in [1.54, 1.807) is 24.3 Å². The zero-order valence-electron chi connectivity index (χ0n) is 16.6. The van der Waals surface area contributed by atoms with E-state index < -0.39 is 35.1 Å². The third-order valence-electron chi connectivity index (χ3n) is 5.27. The number of aliphatic hydroxyl groups excluding tert-OH is 1. The fraction of sp³-hybridized carbons (Fsp3) is 0.0417. The average molecular weight is 483 g/mol. The lowest BCUT2D eigenvalue weighted by Gasteiger charge is -2.23. The van der Waals surface area contributed by atoms with Gasteiger partial charge in [0.05, 0.1) is 21.8 Å². The lowest BCUT2D eigenvalue weighted by molar-refractivity contribution is -0.132. The molecule has 1 fully saturated rings. The number of carbonyl (C=O) groups is 2. The predicted molar refractivity (Wildman–Crippen MR) is 122 cm³/mol. The maximum atomic E-state index is 13.7. The topological polar surface area (TPSA) is 70.5 Å². The number of rotatable bonds is 3. The molecule has 5 rings (SSSR count). The average Bonchev–Trinajstić information content (AvgIpc) is 3.32. The van der Waals surface area contributed by atoms with Gasteiger partial charge in [-0.25, -0.2) is 13.8 Å². The smallest absolute Gasteiger partial charge is 0.301 e. The van der Waals surface area contributed by atoms with Gasteiger partial charge in [-0.05, 0) is 60.2 Å². The Morgan fingerprint density at radius 1 is 1.00 bits per heavy atom. The number of benzene rings is 3. The van der Waals surface area contributed by atoms with Crippen molar-refractivity contribution in [1.82, 2.24) is 4.98 Å². The fourth-order valence-electron chi connectivity index (χ4n) is 3.77. The highest BCUT2D eigenvalue weighted by molar-refractivity contribution is 7.22. The first kappa shape index (κ1) is 21.2. The molecule has 0 bridgehead atoms. The molecule has 3 aromatic carbocycles. The summed E-state index contributed by atoms with van der Waals surface area (Å²) in [5.74, 6) is -3.24. The second-order valence-electron chi connectivity index (χ2n) is 7.34. The quantitative estimate of drug-likeness (QED) is 0.226. The summed E-state index contributed by atoms with van der Waals surface area (Å²) in [6, 6.07) is 14.4. The minimum atomic E-state index is -1.04. The molecule has 0 radical (unpaired) electrons. The summed E-state index contributed by atoms with van der Waals surface area (Å²) in [5.41, 5.74) is 0.921. The van der Waals surface area contributed by atoms with Crippen molar-refractivity contribution >= 4 is 55.7 Å². The monoisotopic (exact) mass is 482 g/mol. The van der Waals surface area contributed by atoms with E-state index in [1.807, 2.05) is 0 Å². The van der Waals surface area contributed by atoms with Crippen LogP contribution in [-0.4, -0.2) is 21.8 Å². The standard InChI is InChI=1S/C24H13ClF2N2O3S/c25-14-3-1-2-13(10-14)20-19(21(30)12-4-6-15(26)7-5-12)22(31)23(32)29(20)24-28-17-9-8-16(27)11-18(17)33-24/h1-11,20,30H/t20-/m0/s1. The van der Waals surface area contributed by atoms with Crippen molar-refractivity contribution in [3.63, 3.8) is 0 Å². The molecule has 1 aromatic heterocycles. The summed E-state index contributed by atoms with van der Waals surface area (Å²) in [4.78, 5) is 31.8. The van der Waals surface area contributed by atoms with Crippen molar-refractivity contribution in [2.75, 3.05) is 4.90 Å². The van der Waals surface area contributed by atoms with E-state index in [9.17, 15) is 23.5 Å². The normalized spacial score (nSPS) is 17.8. The fourth-order valence-corrected chi connectivity index (χ4v) is 4.99. The van der Waals surface area contributed by atoms with Crippen molar-refractivity contribution in [3.05, 3.63) is 100 Å². The third-order valence-corrected chi connectivity index (χ3v) is 6.52. The van der Waals surface area contributed by atoms with Crippen LogP contribution in [0.2, 0.25) is 5.02 Å². The number of Topliss-reactive ketones (excluding diaryl/α,β-unsaturated/α-hetero) is 1. The van der Waals surface area contributed by atoms with Crippen LogP contribution in [-0.2, 0) is 9.59 Å². The van der Waals surface area contributed by atoms with Crippen LogP contribution in [0.25, 0.3) is 16.0 Å². The molecule has 0 aliphatic carbocycles. The predicted octanol–water partition coefficient (Wildman–Crippen LogP) is 5.85. The molecule has 9 heteroatoms. The minimum Gasteiger partial charge on any atom is -0.507 e. The van der Waals surface area contributed by atoms with Gasteiger partial charge in [0.1, 0.15) is 17.4 Å². The molecule has 1 saturated heterocycles. The molecule has 0 spiro atoms. The van der Waals surface area contributed by atoms with Crippen LogP contribution in [0.4, 0.5) is 13.9 Å². The lowest BCUT2D eigenvalue weighted by atomic mass is 9.95. The van der Waals surface area contributed by atoms with Gasteiger partial charge >= 0.3 is 5.91 Å². The Morgan fingerprint density at radius 2 is 1.73 bits per heavy atom. The molecule has 1 atom stereocenters. The number of ketones is 1. The summed E-state index contributed by atoms with van der Waals surface area (Å²) in [6.07, 6.45) is 0. The van der Waals surface area contributed by atoms with Crippen LogP contribution in [0, 0.1) is 11.6 Å². The Balaban J connectivity index is 1.74. The van der Waals surface area contributed by atoms with Gasteiger partial charge in [-0.15, -0.1) is 0 Å². The Bertz CT molecular complexity index is 1470. The number of thiazole rings is 1. The summed E-state index contributed by atoms with van der Waals surface area (Å²) < 4.78 is 27.6. The summed E-state index contributed by atoms with van der Waals surface area (Å²) in [5, 5.41) is 11.5. The zero-order chi connectivity index (χ0) is 23.3. The molecule has 164 valence electrons. The SMILES string of the molecule is O=C1C(=O)N(c2nc3ccc(F)cc3s2)[C@@H](c2cccc(Cl)c2)C1=C(O)c1ccc(F)cc1. The molecule has 5 nitrogen and oxygen atoms in total. The van der Waals surface area contributed by atoms with E-state index in [0.717, 1.165) is 23.5 Å². The Kier molecular flexibility index (Phi) is 5.19. The Morgan fingerprint density at radius 3 is 2.45 bits per heavy atom. The van der Waals surface area contributed by atoms with Crippen LogP contribution < -0.4 is 4.90 Å². The first-order valence-electron chi connectivity index (χ1n) is 9.72. The van der Waals surface area contributed by atoms with Crippen molar-refractivity contribution in [1.29, 1.82) is 0 Å². The summed E-state index contributed by atoms with van der Waals surface area (Å²) in [6.45, 7) is 0. The summed E-state index contributed by atoms with van der Waals surface area (Å²) in [7, 11) is 0. The molecule has 1 amide bonds. The van der Waals surface area contributed by atoms with Gasteiger partial charge in [0, 0.05) is 10.6 Å². The molecule has 1 N–H and O–H groups in total. The number of nitrogens with zero attached hydrogens (tertiary/aromatic N) is 2. The van der Waals surface area contributed by atoms with E-state index in [2.05, 4.69) is 4.98 Å². The van der Waals surface area contributed by atoms with E-state index in [-0.39, 0.29) is 16.3 Å². The Labute approximate surface area is 195 Å². The maximum Gasteiger partial charge on any atom is 0.301 e. The first-order valence-corrected chi connectivity index (χ1v) is 10.9. The number of aliphatic hydroxyl groups is 1. The minimum absolute atomic E-state index is 0.167. The van der Waals surface area contributed by atoms with E-state index in [0.29, 0.717) is 20.8 Å². The van der Waals surface area contributed by atoms with Gasteiger partial charge in [-0.3, -0.25) is 14.5 Å². The van der Waals surface area contributed by atoms with Gasteiger partial charge in [0.15, 0.2) is 5.13 Å². The number of amides is 1. The van der Waals surface area contributed by atoms with Crippen LogP contribution in [0.1, 0.15) is 17.2 Å². The lowest BCUT2D eigenvalue weighted by Crippen LogP contribution is -2.29. The molecule has 4 aromatic rings. The first-order chi connectivity index (χ1) is 15.8. The van der Waals surface area contributed by atoms with Gasteiger partial charge in [0.25, 0.3) is 5.78 Å². The third kappa shape index (κ3) is 3.67. The number of hydrogen-bond donors (Lipinski definition) is 1. The number of halogens is 3. The number of anilines is 1. The maximum absolute atomic E-state index is 13.7. The van der Waals surface area contributed by atoms with Crippen LogP contribution in [0.3, 0.4) is 0 Å². The molecule has 33 heavy (non-hydrogen) atoms. The highest BCUT2D eigenvalue weighted by Crippen LogP contribution is 2.44. The van der Waals surface area contributed by atoms with E-state index in [1.165, 1.54) is 35.2 Å². The zero-order valence-corrected chi connectivity index (χ0v) is 18.2. The highest BCUT2D eigenvalue weighted by atomic mass is 35.5. The molecule has 0 saturated carbocycles. The van der Waals surface area contributed by atoms with Crippen LogP contribution in [0.5, 0.6) is 0 Å². The largest absolute Gasteiger partial charge is 0.507 e. The van der Waals surface area contributed by atoms with Crippen molar-refractivity contribution < 1.29 is 23.5 Å². The number of carbonyl (C=O) groups excluding carboxylic acids is 2. The van der Waals surface area contributed by atoms with Gasteiger partial charge in [0.2, 0.25) is 0 Å². The second-order valence-corrected chi connectivity index (χ2v) is 8.79.